The zero-order valence-corrected chi connectivity index (χ0v) is 21.2. The minimum atomic E-state index is -1.34. The maximum atomic E-state index is 12.7. The van der Waals surface area contributed by atoms with Gasteiger partial charge in [-0.05, 0) is 25.0 Å². The molecule has 13 nitrogen and oxygen atoms in total. The molecule has 3 rings (SSSR count). The third-order valence-corrected chi connectivity index (χ3v) is 7.04. The molecule has 3 atom stereocenters. The Hall–Kier alpha value is -4.07. The van der Waals surface area contributed by atoms with Crippen molar-refractivity contribution in [3.05, 3.63) is 41.6 Å². The topological polar surface area (TPSA) is 189 Å². The molecule has 4 N–H and O–H groups in total. The van der Waals surface area contributed by atoms with Crippen LogP contribution in [0.1, 0.15) is 32.6 Å². The number of fused-ring (bicyclic) bond motifs is 1. The number of aliphatic carboxylic acids is 2. The number of carbonyl (C=O) groups is 6. The average Bonchev–Trinajstić information content (AvgIpc) is 2.89. The van der Waals surface area contributed by atoms with E-state index in [2.05, 4.69) is 10.6 Å². The molecule has 1 aromatic carbocycles. The summed E-state index contributed by atoms with van der Waals surface area (Å²) in [6.07, 6.45) is -0.928. The van der Waals surface area contributed by atoms with Gasteiger partial charge < -0.3 is 30.3 Å². The molecule has 0 aliphatic carbocycles. The monoisotopic (exact) mass is 549 g/mol. The van der Waals surface area contributed by atoms with Crippen LogP contribution in [0.25, 0.3) is 0 Å². The predicted octanol–water partition coefficient (Wildman–Crippen LogP) is 1.09. The standard InChI is InChI=1S/C24H27N3O10S/c1-2-17(29)36-11-13-12-38-21-18(20(30)27(21)19(13)23(33)34)26-16(28)10-6-9-15(22(31)32)25-24(35)37-14-7-4-3-5-8-14/h3-5,7-8,15,18,21H,2,6,9-12H2,1H3,(H,25,35)(H,26,28)(H,31,32)(H,33,34)/t15-,18?,21-/m1/s1. The maximum absolute atomic E-state index is 12.7. The van der Waals surface area contributed by atoms with Crippen LogP contribution in [-0.4, -0.2) is 80.7 Å². The summed E-state index contributed by atoms with van der Waals surface area (Å²) in [6.45, 7) is 1.36. The SMILES string of the molecule is CCC(=O)OCC1=C(C(=O)O)N2C(=O)C(NC(=O)CCC[C@@H](NC(=O)Oc3ccccc3)C(=O)O)[C@H]2SC1. The van der Waals surface area contributed by atoms with Crippen LogP contribution in [0.4, 0.5) is 4.79 Å². The summed E-state index contributed by atoms with van der Waals surface area (Å²) in [6, 6.07) is 5.84. The van der Waals surface area contributed by atoms with E-state index in [1.165, 1.54) is 23.9 Å². The zero-order chi connectivity index (χ0) is 27.8. The van der Waals surface area contributed by atoms with Crippen LogP contribution in [0.5, 0.6) is 5.75 Å². The van der Waals surface area contributed by atoms with Crippen molar-refractivity contribution in [2.24, 2.45) is 0 Å². The number of ether oxygens (including phenoxy) is 2. The molecule has 14 heteroatoms. The molecular weight excluding hydrogens is 522 g/mol. The van der Waals surface area contributed by atoms with Crippen LogP contribution < -0.4 is 15.4 Å². The number of carboxylic acids is 2. The number of carbonyl (C=O) groups excluding carboxylic acids is 4. The number of carboxylic acid groups (broad SMARTS) is 2. The van der Waals surface area contributed by atoms with E-state index in [0.29, 0.717) is 0 Å². The molecule has 0 spiro atoms. The first-order chi connectivity index (χ1) is 18.1. The van der Waals surface area contributed by atoms with Gasteiger partial charge in [0.2, 0.25) is 5.91 Å². The third-order valence-electron chi connectivity index (χ3n) is 5.70. The molecule has 38 heavy (non-hydrogen) atoms. The van der Waals surface area contributed by atoms with E-state index in [9.17, 15) is 39.0 Å². The largest absolute Gasteiger partial charge is 0.480 e. The summed E-state index contributed by atoms with van der Waals surface area (Å²) in [5.41, 5.74) is 0.0302. The first-order valence-electron chi connectivity index (χ1n) is 11.7. The smallest absolute Gasteiger partial charge is 0.413 e. The van der Waals surface area contributed by atoms with Crippen molar-refractivity contribution in [2.75, 3.05) is 12.4 Å². The normalized spacial score (nSPS) is 19.0. The van der Waals surface area contributed by atoms with Gasteiger partial charge in [0.15, 0.2) is 0 Å². The molecule has 0 bridgehead atoms. The number of nitrogens with zero attached hydrogens (tertiary/aromatic N) is 1. The molecule has 3 amide bonds. The van der Waals surface area contributed by atoms with Gasteiger partial charge in [-0.15, -0.1) is 11.8 Å². The van der Waals surface area contributed by atoms with E-state index in [1.807, 2.05) is 0 Å². The molecule has 1 aromatic rings. The summed E-state index contributed by atoms with van der Waals surface area (Å²) in [5.74, 6) is -3.83. The zero-order valence-electron chi connectivity index (χ0n) is 20.4. The summed E-state index contributed by atoms with van der Waals surface area (Å²) >= 11 is 1.23. The van der Waals surface area contributed by atoms with Crippen molar-refractivity contribution in [1.82, 2.24) is 15.5 Å². The van der Waals surface area contributed by atoms with Crippen molar-refractivity contribution < 1.29 is 48.5 Å². The van der Waals surface area contributed by atoms with E-state index in [-0.39, 0.29) is 55.1 Å². The number of benzene rings is 1. The van der Waals surface area contributed by atoms with E-state index in [1.54, 1.807) is 25.1 Å². The quantitative estimate of drug-likeness (QED) is 0.216. The maximum Gasteiger partial charge on any atom is 0.413 e. The van der Waals surface area contributed by atoms with E-state index in [4.69, 9.17) is 9.47 Å². The molecular formula is C24H27N3O10S. The van der Waals surface area contributed by atoms with Gasteiger partial charge in [0.25, 0.3) is 5.91 Å². The fourth-order valence-corrected chi connectivity index (χ4v) is 5.13. The highest BCUT2D eigenvalue weighted by Crippen LogP contribution is 2.40. The van der Waals surface area contributed by atoms with Gasteiger partial charge in [0.1, 0.15) is 35.5 Å². The molecule has 0 radical (unpaired) electrons. The highest BCUT2D eigenvalue weighted by atomic mass is 32.2. The number of β-lactam (4-membered cyclic amide) rings is 1. The molecule has 2 aliphatic rings. The van der Waals surface area contributed by atoms with Gasteiger partial charge in [-0.2, -0.15) is 0 Å². The van der Waals surface area contributed by atoms with Gasteiger partial charge in [-0.1, -0.05) is 25.1 Å². The summed E-state index contributed by atoms with van der Waals surface area (Å²) < 4.78 is 10.0. The van der Waals surface area contributed by atoms with Gasteiger partial charge in [0.05, 0.1) is 0 Å². The van der Waals surface area contributed by atoms with Gasteiger partial charge in [-0.25, -0.2) is 14.4 Å². The summed E-state index contributed by atoms with van der Waals surface area (Å²) in [4.78, 5) is 72.9. The minimum absolute atomic E-state index is 0.0682. The Balaban J connectivity index is 1.49. The van der Waals surface area contributed by atoms with E-state index < -0.39 is 53.3 Å². The first-order valence-corrected chi connectivity index (χ1v) is 12.8. The van der Waals surface area contributed by atoms with Crippen LogP contribution in [0, 0.1) is 0 Å². The van der Waals surface area contributed by atoms with Gasteiger partial charge >= 0.3 is 24.0 Å². The number of hydrogen-bond acceptors (Lipinski definition) is 9. The second-order valence-corrected chi connectivity index (χ2v) is 9.46. The van der Waals surface area contributed by atoms with Crippen LogP contribution in [0.2, 0.25) is 0 Å². The van der Waals surface area contributed by atoms with Crippen molar-refractivity contribution >= 4 is 47.6 Å². The lowest BCUT2D eigenvalue weighted by Gasteiger charge is -2.49. The lowest BCUT2D eigenvalue weighted by Crippen LogP contribution is -2.70. The number of thioether (sulfide) groups is 1. The van der Waals surface area contributed by atoms with Crippen molar-refractivity contribution in [2.45, 2.75) is 50.1 Å². The third kappa shape index (κ3) is 7.03. The second kappa shape index (κ2) is 12.9. The van der Waals surface area contributed by atoms with Crippen LogP contribution in [0.3, 0.4) is 0 Å². The number of rotatable bonds is 12. The highest BCUT2D eigenvalue weighted by Gasteiger charge is 2.54. The number of para-hydroxylation sites is 1. The minimum Gasteiger partial charge on any atom is -0.480 e. The van der Waals surface area contributed by atoms with Crippen molar-refractivity contribution in [3.8, 4) is 5.75 Å². The Morgan fingerprint density at radius 2 is 1.87 bits per heavy atom. The van der Waals surface area contributed by atoms with Crippen molar-refractivity contribution in [3.63, 3.8) is 0 Å². The molecule has 2 aliphatic heterocycles. The predicted molar refractivity (Wildman–Crippen MR) is 132 cm³/mol. The fraction of sp³-hybridized carbons (Fsp3) is 0.417. The Morgan fingerprint density at radius 3 is 2.50 bits per heavy atom. The molecule has 1 fully saturated rings. The number of nitrogens with one attached hydrogen (secondary N) is 2. The Bertz CT molecular complexity index is 1140. The lowest BCUT2D eigenvalue weighted by atomic mass is 10.0. The highest BCUT2D eigenvalue weighted by molar-refractivity contribution is 8.00. The summed E-state index contributed by atoms with van der Waals surface area (Å²) in [7, 11) is 0. The number of amides is 3. The molecule has 0 aromatic heterocycles. The Morgan fingerprint density at radius 1 is 1.16 bits per heavy atom. The number of esters is 1. The number of hydrogen-bond donors (Lipinski definition) is 4. The van der Waals surface area contributed by atoms with Crippen LogP contribution in [-0.2, 0) is 28.7 Å². The fourth-order valence-electron chi connectivity index (χ4n) is 3.80. The second-order valence-electron chi connectivity index (χ2n) is 8.36. The molecule has 0 saturated carbocycles. The molecule has 2 heterocycles. The van der Waals surface area contributed by atoms with Gasteiger partial charge in [-0.3, -0.25) is 19.3 Å². The van der Waals surface area contributed by atoms with E-state index >= 15 is 0 Å². The first kappa shape index (κ1) is 28.5. The molecule has 204 valence electrons. The van der Waals surface area contributed by atoms with E-state index in [0.717, 1.165) is 4.90 Å². The molecule has 1 saturated heterocycles. The Kier molecular flexibility index (Phi) is 9.71. The summed E-state index contributed by atoms with van der Waals surface area (Å²) in [5, 5.41) is 23.2. The Labute approximate surface area is 221 Å². The van der Waals surface area contributed by atoms with Gasteiger partial charge in [0, 0.05) is 24.2 Å². The average molecular weight is 550 g/mol. The van der Waals surface area contributed by atoms with Crippen LogP contribution in [0.15, 0.2) is 41.6 Å². The lowest BCUT2D eigenvalue weighted by molar-refractivity contribution is -0.151. The van der Waals surface area contributed by atoms with Crippen LogP contribution >= 0.6 is 11.8 Å². The molecule has 1 unspecified atom stereocenters. The van der Waals surface area contributed by atoms with Crippen molar-refractivity contribution in [1.29, 1.82) is 0 Å².